The standard InChI is InChI=1S/C21H44O3.C6H8O7/c1-2-3-4-5-6-7-8-9-10-11-12-13-14-15-16-17-18-24-20-21(23)19-22;7-3(8)1-6(13,5(11)12)2-4(9)10/h21-23H,2-20H2,1H3;13H,1-2H2,(H,7,8)(H,9,10)(H,11,12). The molecule has 0 saturated heterocycles. The molecule has 0 aromatic heterocycles. The molecule has 10 heteroatoms. The van der Waals surface area contributed by atoms with Crippen LogP contribution < -0.4 is 0 Å². The van der Waals surface area contributed by atoms with Gasteiger partial charge >= 0.3 is 17.9 Å². The van der Waals surface area contributed by atoms with Gasteiger partial charge in [0.1, 0.15) is 6.10 Å². The van der Waals surface area contributed by atoms with Crippen LogP contribution in [-0.2, 0) is 19.1 Å². The van der Waals surface area contributed by atoms with Gasteiger partial charge in [-0.1, -0.05) is 103 Å². The molecule has 1 unspecified atom stereocenters. The van der Waals surface area contributed by atoms with Gasteiger partial charge in [-0.05, 0) is 6.42 Å². The third kappa shape index (κ3) is 27.1. The molecule has 0 fully saturated rings. The van der Waals surface area contributed by atoms with E-state index in [4.69, 9.17) is 35.4 Å². The summed E-state index contributed by atoms with van der Waals surface area (Å²) in [6, 6.07) is 0. The molecule has 0 aliphatic rings. The number of hydrogen-bond acceptors (Lipinski definition) is 7. The molecular formula is C27H52O10. The van der Waals surface area contributed by atoms with Crippen LogP contribution in [-0.4, -0.2) is 80.1 Å². The highest BCUT2D eigenvalue weighted by Crippen LogP contribution is 2.16. The minimum atomic E-state index is -2.74. The third-order valence-corrected chi connectivity index (χ3v) is 5.95. The fourth-order valence-corrected chi connectivity index (χ4v) is 3.74. The lowest BCUT2D eigenvalue weighted by molar-refractivity contribution is -0.170. The Kier molecular flexibility index (Phi) is 26.2. The van der Waals surface area contributed by atoms with Gasteiger partial charge in [0, 0.05) is 6.61 Å². The van der Waals surface area contributed by atoms with E-state index >= 15 is 0 Å². The van der Waals surface area contributed by atoms with Crippen molar-refractivity contribution in [2.24, 2.45) is 0 Å². The Labute approximate surface area is 222 Å². The minimum absolute atomic E-state index is 0.209. The van der Waals surface area contributed by atoms with E-state index in [2.05, 4.69) is 6.92 Å². The second-order valence-corrected chi connectivity index (χ2v) is 9.69. The zero-order valence-electron chi connectivity index (χ0n) is 22.7. The Morgan fingerprint density at radius 1 is 0.676 bits per heavy atom. The van der Waals surface area contributed by atoms with E-state index in [1.54, 1.807) is 0 Å². The lowest BCUT2D eigenvalue weighted by Gasteiger charge is -2.18. The van der Waals surface area contributed by atoms with Gasteiger partial charge in [0.05, 0.1) is 26.1 Å². The van der Waals surface area contributed by atoms with Gasteiger partial charge in [-0.2, -0.15) is 0 Å². The Morgan fingerprint density at radius 2 is 1.03 bits per heavy atom. The predicted molar refractivity (Wildman–Crippen MR) is 141 cm³/mol. The quantitative estimate of drug-likeness (QED) is 0.0916. The highest BCUT2D eigenvalue weighted by atomic mass is 16.5. The number of aliphatic hydroxyl groups is 3. The van der Waals surface area contributed by atoms with Crippen LogP contribution in [0.25, 0.3) is 0 Å². The smallest absolute Gasteiger partial charge is 0.336 e. The van der Waals surface area contributed by atoms with Crippen molar-refractivity contribution in [1.82, 2.24) is 0 Å². The number of carbonyl (C=O) groups is 3. The summed E-state index contributed by atoms with van der Waals surface area (Å²) >= 11 is 0. The zero-order chi connectivity index (χ0) is 28.4. The summed E-state index contributed by atoms with van der Waals surface area (Å²) in [6.45, 7) is 3.03. The van der Waals surface area contributed by atoms with Crippen molar-refractivity contribution < 1.29 is 49.8 Å². The van der Waals surface area contributed by atoms with Crippen LogP contribution in [0.2, 0.25) is 0 Å². The van der Waals surface area contributed by atoms with Gasteiger partial charge in [-0.3, -0.25) is 9.59 Å². The summed E-state index contributed by atoms with van der Waals surface area (Å²) in [5.74, 6) is -5.02. The van der Waals surface area contributed by atoms with Crippen molar-refractivity contribution in [3.05, 3.63) is 0 Å². The number of unbranched alkanes of at least 4 members (excludes halogenated alkanes) is 15. The number of aliphatic hydroxyl groups excluding tert-OH is 2. The van der Waals surface area contributed by atoms with Crippen molar-refractivity contribution >= 4 is 17.9 Å². The summed E-state index contributed by atoms with van der Waals surface area (Å²) < 4.78 is 5.30. The number of carboxylic acids is 3. The highest BCUT2D eigenvalue weighted by molar-refractivity contribution is 5.88. The van der Waals surface area contributed by atoms with Gasteiger partial charge in [0.2, 0.25) is 0 Å². The van der Waals surface area contributed by atoms with Crippen LogP contribution in [0.4, 0.5) is 0 Å². The van der Waals surface area contributed by atoms with Crippen molar-refractivity contribution in [2.75, 3.05) is 19.8 Å². The maximum Gasteiger partial charge on any atom is 0.336 e. The first kappa shape index (κ1) is 37.4. The molecule has 37 heavy (non-hydrogen) atoms. The first-order valence-corrected chi connectivity index (χ1v) is 13.8. The molecule has 1 atom stereocenters. The molecule has 0 heterocycles. The van der Waals surface area contributed by atoms with E-state index in [1.807, 2.05) is 0 Å². The summed E-state index contributed by atoms with van der Waals surface area (Å²) in [5.41, 5.74) is -2.74. The fourth-order valence-electron chi connectivity index (χ4n) is 3.74. The lowest BCUT2D eigenvalue weighted by Crippen LogP contribution is -2.42. The summed E-state index contributed by atoms with van der Waals surface area (Å²) in [4.78, 5) is 30.5. The molecule has 0 bridgehead atoms. The van der Waals surface area contributed by atoms with Gasteiger partial charge in [0.25, 0.3) is 0 Å². The third-order valence-electron chi connectivity index (χ3n) is 5.95. The molecule has 10 nitrogen and oxygen atoms in total. The molecule has 0 aromatic rings. The lowest BCUT2D eigenvalue weighted by atomic mass is 9.96. The van der Waals surface area contributed by atoms with Crippen LogP contribution in [0.3, 0.4) is 0 Å². The van der Waals surface area contributed by atoms with E-state index in [9.17, 15) is 14.4 Å². The molecule has 0 rings (SSSR count). The molecule has 6 N–H and O–H groups in total. The normalized spacial score (nSPS) is 12.0. The van der Waals surface area contributed by atoms with Crippen LogP contribution in [0.1, 0.15) is 122 Å². The van der Waals surface area contributed by atoms with Crippen molar-refractivity contribution in [3.63, 3.8) is 0 Å². The largest absolute Gasteiger partial charge is 0.481 e. The van der Waals surface area contributed by atoms with Crippen molar-refractivity contribution in [3.8, 4) is 0 Å². The van der Waals surface area contributed by atoms with Crippen LogP contribution in [0, 0.1) is 0 Å². The van der Waals surface area contributed by atoms with Gasteiger partial charge in [-0.15, -0.1) is 0 Å². The molecule has 0 aliphatic heterocycles. The minimum Gasteiger partial charge on any atom is -0.481 e. The maximum atomic E-state index is 10.3. The monoisotopic (exact) mass is 536 g/mol. The number of carboxylic acid groups (broad SMARTS) is 3. The molecule has 0 aromatic carbocycles. The van der Waals surface area contributed by atoms with E-state index in [0.717, 1.165) is 6.42 Å². The number of hydrogen-bond donors (Lipinski definition) is 6. The Bertz CT molecular complexity index is 551. The van der Waals surface area contributed by atoms with Gasteiger partial charge in [-0.25, -0.2) is 4.79 Å². The summed E-state index contributed by atoms with van der Waals surface area (Å²) in [5, 5.41) is 51.6. The highest BCUT2D eigenvalue weighted by Gasteiger charge is 2.40. The number of aliphatic carboxylic acids is 3. The predicted octanol–water partition coefficient (Wildman–Crippen LogP) is 4.37. The van der Waals surface area contributed by atoms with Gasteiger partial charge < -0.3 is 35.4 Å². The first-order valence-electron chi connectivity index (χ1n) is 13.8. The maximum absolute atomic E-state index is 10.3. The van der Waals surface area contributed by atoms with Crippen LogP contribution in [0.5, 0.6) is 0 Å². The molecule has 0 aliphatic carbocycles. The second kappa shape index (κ2) is 25.9. The first-order chi connectivity index (χ1) is 17.6. The van der Waals surface area contributed by atoms with Crippen LogP contribution >= 0.6 is 0 Å². The number of ether oxygens (including phenoxy) is 1. The summed E-state index contributed by atoms with van der Waals surface area (Å²) in [7, 11) is 0. The molecular weight excluding hydrogens is 484 g/mol. The summed E-state index contributed by atoms with van der Waals surface area (Å²) in [6.07, 6.45) is 19.0. The Balaban J connectivity index is 0. The molecule has 0 spiro atoms. The van der Waals surface area contributed by atoms with E-state index < -0.39 is 42.5 Å². The van der Waals surface area contributed by atoms with E-state index in [1.165, 1.54) is 96.3 Å². The molecule has 0 amide bonds. The molecule has 220 valence electrons. The van der Waals surface area contributed by atoms with Crippen LogP contribution in [0.15, 0.2) is 0 Å². The van der Waals surface area contributed by atoms with Gasteiger partial charge in [0.15, 0.2) is 5.60 Å². The SMILES string of the molecule is CCCCCCCCCCCCCCCCCCOCC(O)CO.O=C(O)CC(O)(CC(=O)O)C(=O)O. The van der Waals surface area contributed by atoms with E-state index in [-0.39, 0.29) is 13.2 Å². The molecule has 0 radical (unpaired) electrons. The topological polar surface area (TPSA) is 182 Å². The second-order valence-electron chi connectivity index (χ2n) is 9.69. The fraction of sp³-hybridized carbons (Fsp3) is 0.889. The Hall–Kier alpha value is -1.75. The number of rotatable bonds is 25. The van der Waals surface area contributed by atoms with Crippen molar-refractivity contribution in [2.45, 2.75) is 134 Å². The molecule has 0 saturated carbocycles. The Morgan fingerprint density at radius 3 is 1.32 bits per heavy atom. The average Bonchev–Trinajstić information content (AvgIpc) is 2.82. The average molecular weight is 537 g/mol. The zero-order valence-corrected chi connectivity index (χ0v) is 22.7. The van der Waals surface area contributed by atoms with E-state index in [0.29, 0.717) is 6.61 Å². The van der Waals surface area contributed by atoms with Crippen molar-refractivity contribution in [1.29, 1.82) is 0 Å².